The molecule has 5 nitrogen and oxygen atoms in total. The Bertz CT molecular complexity index is 738. The standard InChI is InChI=1S/C17H16Cl2N2O3/c1-10-7-14(8-11(2)16(10)19)24-9-15(22)20-21-17(23)12-3-5-13(18)6-4-12/h3-8H,9H2,1-2H3,(H,20,22)(H,21,23). The number of halogens is 2. The molecule has 24 heavy (non-hydrogen) atoms. The number of hydrazine groups is 1. The average molecular weight is 367 g/mol. The van der Waals surface area contributed by atoms with Crippen molar-refractivity contribution in [1.29, 1.82) is 0 Å². The van der Waals surface area contributed by atoms with Gasteiger partial charge in [-0.25, -0.2) is 0 Å². The van der Waals surface area contributed by atoms with Gasteiger partial charge in [0.05, 0.1) is 0 Å². The van der Waals surface area contributed by atoms with Crippen molar-refractivity contribution in [2.24, 2.45) is 0 Å². The Hall–Kier alpha value is -2.24. The minimum absolute atomic E-state index is 0.235. The lowest BCUT2D eigenvalue weighted by atomic mass is 10.1. The molecule has 2 amide bonds. The first-order valence-corrected chi connectivity index (χ1v) is 7.86. The van der Waals surface area contributed by atoms with Crippen molar-refractivity contribution in [3.8, 4) is 5.75 Å². The van der Waals surface area contributed by atoms with Crippen LogP contribution in [0.1, 0.15) is 21.5 Å². The number of carbonyl (C=O) groups excluding carboxylic acids is 2. The summed E-state index contributed by atoms with van der Waals surface area (Å²) in [6.45, 7) is 3.48. The van der Waals surface area contributed by atoms with Gasteiger partial charge in [-0.05, 0) is 61.4 Å². The maximum atomic E-state index is 11.8. The number of carbonyl (C=O) groups is 2. The largest absolute Gasteiger partial charge is 0.484 e. The number of amides is 2. The molecular weight excluding hydrogens is 351 g/mol. The van der Waals surface area contributed by atoms with E-state index < -0.39 is 11.8 Å². The first-order chi connectivity index (χ1) is 11.4. The first-order valence-electron chi connectivity index (χ1n) is 7.11. The van der Waals surface area contributed by atoms with Crippen molar-refractivity contribution >= 4 is 35.0 Å². The van der Waals surface area contributed by atoms with Crippen LogP contribution in [-0.4, -0.2) is 18.4 Å². The van der Waals surface area contributed by atoms with E-state index in [9.17, 15) is 9.59 Å². The number of hydrogen-bond donors (Lipinski definition) is 2. The number of hydrogen-bond acceptors (Lipinski definition) is 3. The number of benzene rings is 2. The second-order valence-corrected chi connectivity index (χ2v) is 5.98. The summed E-state index contributed by atoms with van der Waals surface area (Å²) in [4.78, 5) is 23.6. The van der Waals surface area contributed by atoms with Crippen LogP contribution in [0.3, 0.4) is 0 Å². The Morgan fingerprint density at radius 2 is 1.58 bits per heavy atom. The molecule has 2 N–H and O–H groups in total. The number of ether oxygens (including phenoxy) is 1. The van der Waals surface area contributed by atoms with E-state index >= 15 is 0 Å². The number of aryl methyl sites for hydroxylation is 2. The molecule has 0 saturated carbocycles. The van der Waals surface area contributed by atoms with Gasteiger partial charge in [-0.2, -0.15) is 0 Å². The van der Waals surface area contributed by atoms with Gasteiger partial charge in [0.25, 0.3) is 11.8 Å². The molecule has 2 aromatic rings. The third kappa shape index (κ3) is 4.88. The molecule has 0 aliphatic heterocycles. The van der Waals surface area contributed by atoms with Gasteiger partial charge in [0, 0.05) is 15.6 Å². The van der Waals surface area contributed by atoms with E-state index in [2.05, 4.69) is 10.9 Å². The molecule has 0 fully saturated rings. The highest BCUT2D eigenvalue weighted by Crippen LogP contribution is 2.25. The summed E-state index contributed by atoms with van der Waals surface area (Å²) in [6.07, 6.45) is 0. The van der Waals surface area contributed by atoms with Gasteiger partial charge >= 0.3 is 0 Å². The summed E-state index contributed by atoms with van der Waals surface area (Å²) in [5.74, 6) is -0.394. The van der Waals surface area contributed by atoms with Gasteiger partial charge in [0.2, 0.25) is 0 Å². The molecule has 0 aliphatic rings. The fourth-order valence-electron chi connectivity index (χ4n) is 1.97. The van der Waals surface area contributed by atoms with Gasteiger partial charge < -0.3 is 4.74 Å². The van der Waals surface area contributed by atoms with Gasteiger partial charge in [0.15, 0.2) is 6.61 Å². The average Bonchev–Trinajstić information content (AvgIpc) is 2.56. The quantitative estimate of drug-likeness (QED) is 0.814. The minimum atomic E-state index is -0.484. The van der Waals surface area contributed by atoms with Gasteiger partial charge in [-0.1, -0.05) is 23.2 Å². The normalized spacial score (nSPS) is 10.2. The Balaban J connectivity index is 1.83. The van der Waals surface area contributed by atoms with Crippen LogP contribution in [0.4, 0.5) is 0 Å². The van der Waals surface area contributed by atoms with E-state index in [1.807, 2.05) is 13.8 Å². The minimum Gasteiger partial charge on any atom is -0.484 e. The molecule has 0 spiro atoms. The lowest BCUT2D eigenvalue weighted by Gasteiger charge is -2.11. The Morgan fingerprint density at radius 3 is 2.17 bits per heavy atom. The fraction of sp³-hybridized carbons (Fsp3) is 0.176. The van der Waals surface area contributed by atoms with E-state index in [1.165, 1.54) is 0 Å². The third-order valence-corrected chi connectivity index (χ3v) is 4.05. The highest BCUT2D eigenvalue weighted by molar-refractivity contribution is 6.32. The topological polar surface area (TPSA) is 67.4 Å². The second kappa shape index (κ2) is 8.04. The summed E-state index contributed by atoms with van der Waals surface area (Å²) >= 11 is 11.8. The van der Waals surface area contributed by atoms with E-state index in [1.54, 1.807) is 36.4 Å². The van der Waals surface area contributed by atoms with Crippen molar-refractivity contribution in [2.75, 3.05) is 6.61 Å². The van der Waals surface area contributed by atoms with E-state index in [-0.39, 0.29) is 6.61 Å². The predicted molar refractivity (Wildman–Crippen MR) is 93.5 cm³/mol. The molecule has 0 saturated heterocycles. The van der Waals surface area contributed by atoms with E-state index in [0.717, 1.165) is 11.1 Å². The Labute approximate surface area is 149 Å². The molecular formula is C17H16Cl2N2O3. The summed E-state index contributed by atoms with van der Waals surface area (Å²) in [5, 5.41) is 1.19. The lowest BCUT2D eigenvalue weighted by molar-refractivity contribution is -0.123. The van der Waals surface area contributed by atoms with Crippen LogP contribution < -0.4 is 15.6 Å². The highest BCUT2D eigenvalue weighted by atomic mass is 35.5. The van der Waals surface area contributed by atoms with Crippen LogP contribution in [0.2, 0.25) is 10.0 Å². The molecule has 7 heteroatoms. The molecule has 0 atom stereocenters. The fourth-order valence-corrected chi connectivity index (χ4v) is 2.21. The molecule has 126 valence electrons. The van der Waals surface area contributed by atoms with Gasteiger partial charge in [-0.15, -0.1) is 0 Å². The first kappa shape index (κ1) is 18.1. The summed E-state index contributed by atoms with van der Waals surface area (Å²) in [7, 11) is 0. The van der Waals surface area contributed by atoms with Crippen LogP contribution >= 0.6 is 23.2 Å². The smallest absolute Gasteiger partial charge is 0.276 e. The van der Waals surface area contributed by atoms with Crippen LogP contribution in [0.25, 0.3) is 0 Å². The van der Waals surface area contributed by atoms with Gasteiger partial charge in [0.1, 0.15) is 5.75 Å². The van der Waals surface area contributed by atoms with Crippen molar-refractivity contribution < 1.29 is 14.3 Å². The van der Waals surface area contributed by atoms with E-state index in [4.69, 9.17) is 27.9 Å². The van der Waals surface area contributed by atoms with Crippen molar-refractivity contribution in [1.82, 2.24) is 10.9 Å². The summed E-state index contributed by atoms with van der Waals surface area (Å²) in [5.41, 5.74) is 6.69. The molecule has 0 unspecified atom stereocenters. The molecule has 2 rings (SSSR count). The highest BCUT2D eigenvalue weighted by Gasteiger charge is 2.09. The van der Waals surface area contributed by atoms with Crippen molar-refractivity contribution in [2.45, 2.75) is 13.8 Å². The Kier molecular flexibility index (Phi) is 6.06. The SMILES string of the molecule is Cc1cc(OCC(=O)NNC(=O)c2ccc(Cl)cc2)cc(C)c1Cl. The molecule has 0 radical (unpaired) electrons. The van der Waals surface area contributed by atoms with Crippen molar-refractivity contribution in [3.05, 3.63) is 63.1 Å². The molecule has 0 aliphatic carbocycles. The lowest BCUT2D eigenvalue weighted by Crippen LogP contribution is -2.43. The maximum Gasteiger partial charge on any atom is 0.276 e. The van der Waals surface area contributed by atoms with Crippen LogP contribution in [-0.2, 0) is 4.79 Å². The second-order valence-electron chi connectivity index (χ2n) is 5.17. The van der Waals surface area contributed by atoms with E-state index in [0.29, 0.717) is 21.4 Å². The van der Waals surface area contributed by atoms with Crippen molar-refractivity contribution in [3.63, 3.8) is 0 Å². The molecule has 0 heterocycles. The maximum absolute atomic E-state index is 11.8. The molecule has 2 aromatic carbocycles. The molecule has 0 aromatic heterocycles. The molecule has 0 bridgehead atoms. The van der Waals surface area contributed by atoms with Crippen LogP contribution in [0.15, 0.2) is 36.4 Å². The monoisotopic (exact) mass is 366 g/mol. The predicted octanol–water partition coefficient (Wildman–Crippen LogP) is 3.45. The van der Waals surface area contributed by atoms with Crippen LogP contribution in [0, 0.1) is 13.8 Å². The summed E-state index contributed by atoms with van der Waals surface area (Å²) in [6, 6.07) is 9.78. The zero-order valence-electron chi connectivity index (χ0n) is 13.2. The Morgan fingerprint density at radius 1 is 1.00 bits per heavy atom. The summed E-state index contributed by atoms with van der Waals surface area (Å²) < 4.78 is 5.40. The number of nitrogens with one attached hydrogen (secondary N) is 2. The zero-order valence-corrected chi connectivity index (χ0v) is 14.7. The number of rotatable bonds is 4. The van der Waals surface area contributed by atoms with Gasteiger partial charge in [-0.3, -0.25) is 20.4 Å². The third-order valence-electron chi connectivity index (χ3n) is 3.20. The zero-order chi connectivity index (χ0) is 17.7. The van der Waals surface area contributed by atoms with Crippen LogP contribution in [0.5, 0.6) is 5.75 Å².